The van der Waals surface area contributed by atoms with Crippen LogP contribution in [0.3, 0.4) is 0 Å². The molecule has 0 saturated heterocycles. The van der Waals surface area contributed by atoms with Gasteiger partial charge in [0.2, 0.25) is 0 Å². The summed E-state index contributed by atoms with van der Waals surface area (Å²) >= 11 is 3.63. The van der Waals surface area contributed by atoms with Crippen LogP contribution in [-0.2, 0) is 6.42 Å². The normalized spacial score (nSPS) is 10.7. The Morgan fingerprint density at radius 2 is 1.67 bits per heavy atom. The number of para-hydroxylation sites is 1. The summed E-state index contributed by atoms with van der Waals surface area (Å²) in [6.45, 7) is 0.602. The molecule has 0 spiro atoms. The van der Waals surface area contributed by atoms with Crippen LogP contribution in [0.4, 0.5) is 5.69 Å². The highest BCUT2D eigenvalue weighted by Gasteiger charge is 2.06. The molecule has 3 rings (SSSR count). The number of benzene rings is 3. The smallest absolute Gasteiger partial charge is 0.134 e. The quantitative estimate of drug-likeness (QED) is 0.691. The van der Waals surface area contributed by atoms with Crippen molar-refractivity contribution < 1.29 is 4.74 Å². The second-order valence-electron chi connectivity index (χ2n) is 4.90. The predicted molar refractivity (Wildman–Crippen MR) is 91.7 cm³/mol. The molecule has 2 N–H and O–H groups in total. The van der Waals surface area contributed by atoms with Crippen molar-refractivity contribution in [2.45, 2.75) is 6.42 Å². The molecule has 2 nitrogen and oxygen atoms in total. The molecule has 0 aliphatic carbocycles. The molecule has 3 aromatic carbocycles. The van der Waals surface area contributed by atoms with E-state index in [2.05, 4.69) is 34.1 Å². The molecule has 0 atom stereocenters. The molecule has 106 valence electrons. The van der Waals surface area contributed by atoms with Gasteiger partial charge in [0.1, 0.15) is 5.75 Å². The molecule has 0 aliphatic heterocycles. The molecule has 0 aromatic heterocycles. The lowest BCUT2D eigenvalue weighted by Gasteiger charge is -2.11. The van der Waals surface area contributed by atoms with E-state index in [9.17, 15) is 0 Å². The Bertz CT molecular complexity index is 770. The Kier molecular flexibility index (Phi) is 4.11. The minimum absolute atomic E-state index is 0.602. The highest BCUT2D eigenvalue weighted by Crippen LogP contribution is 2.33. The molecule has 21 heavy (non-hydrogen) atoms. The first-order valence-corrected chi connectivity index (χ1v) is 7.68. The fourth-order valence-corrected chi connectivity index (χ4v) is 2.97. The fourth-order valence-electron chi connectivity index (χ4n) is 2.36. The molecule has 0 radical (unpaired) electrons. The maximum absolute atomic E-state index is 5.94. The summed E-state index contributed by atoms with van der Waals surface area (Å²) in [5, 5.41) is 2.36. The molecule has 0 saturated carbocycles. The van der Waals surface area contributed by atoms with Crippen molar-refractivity contribution >= 4 is 32.4 Å². The van der Waals surface area contributed by atoms with Crippen molar-refractivity contribution in [3.8, 4) is 5.75 Å². The average Bonchev–Trinajstić information content (AvgIpc) is 2.52. The van der Waals surface area contributed by atoms with E-state index in [0.717, 1.165) is 33.3 Å². The second kappa shape index (κ2) is 6.19. The third-order valence-electron chi connectivity index (χ3n) is 3.51. The number of anilines is 1. The Hall–Kier alpha value is -2.00. The highest BCUT2D eigenvalue weighted by molar-refractivity contribution is 9.10. The topological polar surface area (TPSA) is 35.2 Å². The van der Waals surface area contributed by atoms with E-state index < -0.39 is 0 Å². The minimum atomic E-state index is 0.602. The Morgan fingerprint density at radius 1 is 0.905 bits per heavy atom. The molecule has 0 amide bonds. The lowest BCUT2D eigenvalue weighted by molar-refractivity contribution is 0.320. The van der Waals surface area contributed by atoms with Crippen LogP contribution >= 0.6 is 15.9 Å². The van der Waals surface area contributed by atoms with Crippen molar-refractivity contribution in [1.82, 2.24) is 0 Å². The first kappa shape index (κ1) is 14.0. The summed E-state index contributed by atoms with van der Waals surface area (Å²) in [7, 11) is 0. The van der Waals surface area contributed by atoms with Crippen LogP contribution in [0.5, 0.6) is 5.75 Å². The number of nitrogen functional groups attached to an aromatic ring is 1. The lowest BCUT2D eigenvalue weighted by atomic mass is 10.1. The van der Waals surface area contributed by atoms with Gasteiger partial charge in [-0.25, -0.2) is 0 Å². The van der Waals surface area contributed by atoms with Crippen molar-refractivity contribution in [3.05, 3.63) is 70.7 Å². The van der Waals surface area contributed by atoms with Gasteiger partial charge in [0.05, 0.1) is 11.1 Å². The van der Waals surface area contributed by atoms with Crippen LogP contribution in [-0.4, -0.2) is 6.61 Å². The summed E-state index contributed by atoms with van der Waals surface area (Å²) in [6.07, 6.45) is 0.798. The van der Waals surface area contributed by atoms with Crippen LogP contribution in [0.1, 0.15) is 5.56 Å². The molecule has 0 unspecified atom stereocenters. The largest absolute Gasteiger partial charge is 0.492 e. The zero-order valence-corrected chi connectivity index (χ0v) is 13.1. The monoisotopic (exact) mass is 341 g/mol. The third-order valence-corrected chi connectivity index (χ3v) is 4.33. The first-order valence-electron chi connectivity index (χ1n) is 6.89. The minimum Gasteiger partial charge on any atom is -0.492 e. The molecule has 0 fully saturated rings. The Balaban J connectivity index is 1.74. The summed E-state index contributed by atoms with van der Waals surface area (Å²) in [6, 6.07) is 20.2. The van der Waals surface area contributed by atoms with E-state index in [1.165, 1.54) is 5.39 Å². The van der Waals surface area contributed by atoms with Gasteiger partial charge in [0.15, 0.2) is 0 Å². The highest BCUT2D eigenvalue weighted by atomic mass is 79.9. The summed E-state index contributed by atoms with van der Waals surface area (Å²) in [4.78, 5) is 0. The maximum atomic E-state index is 5.94. The van der Waals surface area contributed by atoms with E-state index in [1.54, 1.807) is 0 Å². The first-order chi connectivity index (χ1) is 10.3. The average molecular weight is 342 g/mol. The summed E-state index contributed by atoms with van der Waals surface area (Å²) in [5.41, 5.74) is 7.88. The SMILES string of the molecule is Nc1ccccc1CCOc1ccc2ccccc2c1Br. The molecular weight excluding hydrogens is 326 g/mol. The molecule has 3 heteroatoms. The number of fused-ring (bicyclic) bond motifs is 1. The van der Waals surface area contributed by atoms with Gasteiger partial charge in [0, 0.05) is 12.1 Å². The van der Waals surface area contributed by atoms with E-state index in [-0.39, 0.29) is 0 Å². The Morgan fingerprint density at radius 3 is 2.52 bits per heavy atom. The van der Waals surface area contributed by atoms with Crippen molar-refractivity contribution in [2.24, 2.45) is 0 Å². The summed E-state index contributed by atoms with van der Waals surface area (Å²) in [5.74, 6) is 0.864. The van der Waals surface area contributed by atoms with Gasteiger partial charge >= 0.3 is 0 Å². The van der Waals surface area contributed by atoms with E-state index in [0.29, 0.717) is 6.61 Å². The maximum Gasteiger partial charge on any atom is 0.134 e. The van der Waals surface area contributed by atoms with E-state index in [1.807, 2.05) is 42.5 Å². The van der Waals surface area contributed by atoms with Crippen molar-refractivity contribution in [2.75, 3.05) is 12.3 Å². The van der Waals surface area contributed by atoms with Gasteiger partial charge in [-0.2, -0.15) is 0 Å². The van der Waals surface area contributed by atoms with Crippen LogP contribution in [0, 0.1) is 0 Å². The predicted octanol–water partition coefficient (Wildman–Crippen LogP) is 4.81. The molecule has 3 aromatic rings. The molecular formula is C18H16BrNO. The van der Waals surface area contributed by atoms with Crippen LogP contribution < -0.4 is 10.5 Å². The molecule has 0 heterocycles. The molecule has 0 aliphatic rings. The van der Waals surface area contributed by atoms with Gasteiger partial charge in [0.25, 0.3) is 0 Å². The Labute approximate surface area is 132 Å². The zero-order valence-electron chi connectivity index (χ0n) is 11.6. The van der Waals surface area contributed by atoms with E-state index >= 15 is 0 Å². The zero-order chi connectivity index (χ0) is 14.7. The number of halogens is 1. The second-order valence-corrected chi connectivity index (χ2v) is 5.69. The number of nitrogens with two attached hydrogens (primary N) is 1. The van der Waals surface area contributed by atoms with Gasteiger partial charge in [-0.1, -0.05) is 48.5 Å². The van der Waals surface area contributed by atoms with Crippen LogP contribution in [0.2, 0.25) is 0 Å². The van der Waals surface area contributed by atoms with Crippen LogP contribution in [0.15, 0.2) is 65.1 Å². The van der Waals surface area contributed by atoms with Crippen molar-refractivity contribution in [1.29, 1.82) is 0 Å². The number of hydrogen-bond donors (Lipinski definition) is 1. The lowest BCUT2D eigenvalue weighted by Crippen LogP contribution is -2.04. The summed E-state index contributed by atoms with van der Waals surface area (Å²) < 4.78 is 6.90. The van der Waals surface area contributed by atoms with Gasteiger partial charge in [-0.15, -0.1) is 0 Å². The fraction of sp³-hybridized carbons (Fsp3) is 0.111. The molecule has 0 bridgehead atoms. The number of rotatable bonds is 4. The van der Waals surface area contributed by atoms with Gasteiger partial charge in [-0.3, -0.25) is 0 Å². The van der Waals surface area contributed by atoms with Gasteiger partial charge in [-0.05, 0) is 44.4 Å². The standard InChI is InChI=1S/C18H16BrNO/c19-18-15-7-3-1-5-13(15)9-10-17(18)21-12-11-14-6-2-4-8-16(14)20/h1-10H,11-12,20H2. The van der Waals surface area contributed by atoms with Crippen molar-refractivity contribution in [3.63, 3.8) is 0 Å². The number of hydrogen-bond acceptors (Lipinski definition) is 2. The van der Waals surface area contributed by atoms with Gasteiger partial charge < -0.3 is 10.5 Å². The number of ether oxygens (including phenoxy) is 1. The third kappa shape index (κ3) is 3.03. The van der Waals surface area contributed by atoms with E-state index in [4.69, 9.17) is 10.5 Å². The van der Waals surface area contributed by atoms with Crippen LogP contribution in [0.25, 0.3) is 10.8 Å².